The summed E-state index contributed by atoms with van der Waals surface area (Å²) in [5.41, 5.74) is 0.833. The minimum Gasteiger partial charge on any atom is -0.459 e. The lowest BCUT2D eigenvalue weighted by atomic mass is 10.2. The monoisotopic (exact) mass is 374 g/mol. The van der Waals surface area contributed by atoms with Crippen molar-refractivity contribution in [2.75, 3.05) is 19.9 Å². The zero-order valence-corrected chi connectivity index (χ0v) is 14.4. The van der Waals surface area contributed by atoms with Crippen LogP contribution in [0.5, 0.6) is 11.5 Å². The van der Waals surface area contributed by atoms with E-state index in [9.17, 15) is 14.4 Å². The molecule has 0 atom stereocenters. The average Bonchev–Trinajstić information content (AvgIpc) is 3.35. The summed E-state index contributed by atoms with van der Waals surface area (Å²) in [5.74, 6) is 0.0112. The first-order valence-corrected chi connectivity index (χ1v) is 8.24. The Bertz CT molecular complexity index is 817. The van der Waals surface area contributed by atoms with Crippen LogP contribution in [0.15, 0.2) is 41.0 Å². The normalized spacial score (nSPS) is 11.7. The Morgan fingerprint density at radius 2 is 1.93 bits per heavy atom. The summed E-state index contributed by atoms with van der Waals surface area (Å²) < 4.78 is 20.3. The van der Waals surface area contributed by atoms with Gasteiger partial charge in [0.1, 0.15) is 0 Å². The lowest BCUT2D eigenvalue weighted by Gasteiger charge is -2.08. The Kier molecular flexibility index (Phi) is 5.93. The van der Waals surface area contributed by atoms with E-state index in [0.29, 0.717) is 11.5 Å². The number of nitrogens with one attached hydrogen (secondary N) is 2. The van der Waals surface area contributed by atoms with Crippen molar-refractivity contribution in [2.45, 2.75) is 13.0 Å². The highest BCUT2D eigenvalue weighted by Gasteiger charge is 2.14. The Balaban J connectivity index is 1.30. The van der Waals surface area contributed by atoms with Crippen LogP contribution in [0, 0.1) is 0 Å². The Labute approximate surface area is 154 Å². The molecule has 9 nitrogen and oxygen atoms in total. The van der Waals surface area contributed by atoms with E-state index in [2.05, 4.69) is 10.6 Å². The van der Waals surface area contributed by atoms with E-state index in [1.54, 1.807) is 18.2 Å². The maximum atomic E-state index is 11.8. The van der Waals surface area contributed by atoms with Gasteiger partial charge in [0, 0.05) is 13.1 Å². The van der Waals surface area contributed by atoms with Crippen molar-refractivity contribution in [1.82, 2.24) is 10.6 Å². The number of carbonyl (C=O) groups excluding carboxylic acids is 3. The number of carbonyl (C=O) groups is 3. The molecule has 0 radical (unpaired) electrons. The molecule has 9 heteroatoms. The van der Waals surface area contributed by atoms with Crippen LogP contribution in [-0.4, -0.2) is 37.7 Å². The molecule has 1 aromatic heterocycles. The molecule has 2 heterocycles. The fraction of sp³-hybridized carbons (Fsp3) is 0.278. The largest absolute Gasteiger partial charge is 0.459 e. The zero-order valence-electron chi connectivity index (χ0n) is 14.4. The number of ether oxygens (including phenoxy) is 3. The molecule has 142 valence electrons. The Hall–Kier alpha value is -3.49. The quantitative estimate of drug-likeness (QED) is 0.662. The van der Waals surface area contributed by atoms with Crippen molar-refractivity contribution in [1.29, 1.82) is 0 Å². The standard InChI is InChI=1S/C18H18N2O7/c21-16(20-9-12-3-4-13-15(8-12)27-11-26-13)10-25-17(22)5-6-19-18(23)14-2-1-7-24-14/h1-4,7-8H,5-6,9-11H2,(H,19,23)(H,20,21). The molecular formula is C18H18N2O7. The molecule has 0 fully saturated rings. The summed E-state index contributed by atoms with van der Waals surface area (Å²) in [7, 11) is 0. The molecule has 0 spiro atoms. The average molecular weight is 374 g/mol. The van der Waals surface area contributed by atoms with Crippen LogP contribution in [-0.2, 0) is 20.9 Å². The molecule has 2 N–H and O–H groups in total. The second-order valence-corrected chi connectivity index (χ2v) is 5.61. The van der Waals surface area contributed by atoms with Gasteiger partial charge in [-0.2, -0.15) is 0 Å². The van der Waals surface area contributed by atoms with Crippen molar-refractivity contribution in [3.05, 3.63) is 47.9 Å². The highest BCUT2D eigenvalue weighted by Crippen LogP contribution is 2.32. The number of hydrogen-bond acceptors (Lipinski definition) is 7. The van der Waals surface area contributed by atoms with Crippen LogP contribution in [0.4, 0.5) is 0 Å². The third kappa shape index (κ3) is 5.24. The highest BCUT2D eigenvalue weighted by atomic mass is 16.7. The maximum absolute atomic E-state index is 11.8. The van der Waals surface area contributed by atoms with Crippen molar-refractivity contribution >= 4 is 17.8 Å². The molecule has 3 rings (SSSR count). The topological polar surface area (TPSA) is 116 Å². The third-order valence-corrected chi connectivity index (χ3v) is 3.65. The van der Waals surface area contributed by atoms with Crippen LogP contribution in [0.2, 0.25) is 0 Å². The van der Waals surface area contributed by atoms with Crippen LogP contribution >= 0.6 is 0 Å². The van der Waals surface area contributed by atoms with Gasteiger partial charge in [-0.1, -0.05) is 6.07 Å². The number of benzene rings is 1. The van der Waals surface area contributed by atoms with E-state index >= 15 is 0 Å². The summed E-state index contributed by atoms with van der Waals surface area (Å²) >= 11 is 0. The van der Waals surface area contributed by atoms with Crippen LogP contribution in [0.25, 0.3) is 0 Å². The summed E-state index contributed by atoms with van der Waals surface area (Å²) in [6, 6.07) is 8.45. The predicted molar refractivity (Wildman–Crippen MR) is 91.0 cm³/mol. The first-order valence-electron chi connectivity index (χ1n) is 8.24. The number of fused-ring (bicyclic) bond motifs is 1. The summed E-state index contributed by atoms with van der Waals surface area (Å²) in [6.45, 7) is 0.141. The molecule has 2 aromatic rings. The summed E-state index contributed by atoms with van der Waals surface area (Å²) in [5, 5.41) is 5.16. The molecule has 1 aliphatic heterocycles. The first-order chi connectivity index (χ1) is 13.1. The molecule has 1 aromatic carbocycles. The van der Waals surface area contributed by atoms with E-state index in [-0.39, 0.29) is 32.1 Å². The van der Waals surface area contributed by atoms with Gasteiger partial charge in [-0.3, -0.25) is 14.4 Å². The SMILES string of the molecule is O=C(COC(=O)CCNC(=O)c1ccco1)NCc1ccc2c(c1)OCO2. The molecule has 1 aliphatic rings. The number of amides is 2. The van der Waals surface area contributed by atoms with E-state index in [1.165, 1.54) is 12.3 Å². The molecule has 0 unspecified atom stereocenters. The Morgan fingerprint density at radius 1 is 1.07 bits per heavy atom. The maximum Gasteiger partial charge on any atom is 0.308 e. The molecule has 0 bridgehead atoms. The second kappa shape index (κ2) is 8.75. The molecule has 0 aliphatic carbocycles. The van der Waals surface area contributed by atoms with Crippen LogP contribution in [0.1, 0.15) is 22.5 Å². The van der Waals surface area contributed by atoms with Gasteiger partial charge in [0.05, 0.1) is 12.7 Å². The molecule has 0 saturated carbocycles. The fourth-order valence-electron chi connectivity index (χ4n) is 2.29. The van der Waals surface area contributed by atoms with E-state index in [0.717, 1.165) is 5.56 Å². The van der Waals surface area contributed by atoms with E-state index in [4.69, 9.17) is 18.6 Å². The minimum absolute atomic E-state index is 0.0537. The number of rotatable bonds is 8. The molecule has 2 amide bonds. The number of furan rings is 1. The van der Waals surface area contributed by atoms with Crippen LogP contribution < -0.4 is 20.1 Å². The minimum atomic E-state index is -0.590. The van der Waals surface area contributed by atoms with Gasteiger partial charge in [0.2, 0.25) is 6.79 Å². The van der Waals surface area contributed by atoms with Crippen LogP contribution in [0.3, 0.4) is 0 Å². The molecular weight excluding hydrogens is 356 g/mol. The second-order valence-electron chi connectivity index (χ2n) is 5.61. The van der Waals surface area contributed by atoms with Gasteiger partial charge >= 0.3 is 5.97 Å². The van der Waals surface area contributed by atoms with Crippen molar-refractivity contribution < 1.29 is 33.0 Å². The molecule has 27 heavy (non-hydrogen) atoms. The van der Waals surface area contributed by atoms with Gasteiger partial charge in [0.25, 0.3) is 11.8 Å². The number of hydrogen-bond donors (Lipinski definition) is 2. The van der Waals surface area contributed by atoms with Crippen molar-refractivity contribution in [3.63, 3.8) is 0 Å². The predicted octanol–water partition coefficient (Wildman–Crippen LogP) is 0.988. The van der Waals surface area contributed by atoms with Crippen molar-refractivity contribution in [2.24, 2.45) is 0 Å². The van der Waals surface area contributed by atoms with Crippen molar-refractivity contribution in [3.8, 4) is 11.5 Å². The fourth-order valence-corrected chi connectivity index (χ4v) is 2.29. The van der Waals surface area contributed by atoms with Gasteiger partial charge < -0.3 is 29.3 Å². The van der Waals surface area contributed by atoms with E-state index < -0.39 is 24.4 Å². The third-order valence-electron chi connectivity index (χ3n) is 3.65. The Morgan fingerprint density at radius 3 is 2.74 bits per heavy atom. The molecule has 0 saturated heterocycles. The summed E-state index contributed by atoms with van der Waals surface area (Å²) in [4.78, 5) is 35.0. The zero-order chi connectivity index (χ0) is 19.1. The lowest BCUT2D eigenvalue weighted by Crippen LogP contribution is -2.30. The highest BCUT2D eigenvalue weighted by molar-refractivity contribution is 5.91. The smallest absolute Gasteiger partial charge is 0.308 e. The van der Waals surface area contributed by atoms with E-state index in [1.807, 2.05) is 6.07 Å². The summed E-state index contributed by atoms with van der Waals surface area (Å²) in [6.07, 6.45) is 1.33. The van der Waals surface area contributed by atoms with Gasteiger partial charge in [-0.25, -0.2) is 0 Å². The first kappa shape index (κ1) is 18.3. The lowest BCUT2D eigenvalue weighted by molar-refractivity contribution is -0.148. The number of esters is 1. The van der Waals surface area contributed by atoms with Gasteiger partial charge in [-0.15, -0.1) is 0 Å². The van der Waals surface area contributed by atoms with Gasteiger partial charge in [0.15, 0.2) is 23.9 Å². The van der Waals surface area contributed by atoms with Gasteiger partial charge in [-0.05, 0) is 29.8 Å².